The monoisotopic (exact) mass is 238 g/mol. The van der Waals surface area contributed by atoms with Crippen LogP contribution in [-0.4, -0.2) is 21.0 Å². The Kier molecular flexibility index (Phi) is 3.33. The Morgan fingerprint density at radius 2 is 2.38 bits per heavy atom. The van der Waals surface area contributed by atoms with Gasteiger partial charge in [-0.15, -0.1) is 0 Å². The average molecular weight is 238 g/mol. The maximum Gasteiger partial charge on any atom is 0.303 e. The number of aliphatic carboxylic acids is 1. The van der Waals surface area contributed by atoms with Gasteiger partial charge in [-0.2, -0.15) is 0 Å². The molecule has 4 nitrogen and oxygen atoms in total. The van der Waals surface area contributed by atoms with Gasteiger partial charge in [0.2, 0.25) is 0 Å². The van der Waals surface area contributed by atoms with Crippen LogP contribution < -0.4 is 0 Å². The largest absolute Gasteiger partial charge is 0.481 e. The van der Waals surface area contributed by atoms with Gasteiger partial charge in [0.25, 0.3) is 0 Å². The molecule has 1 fully saturated rings. The summed E-state index contributed by atoms with van der Waals surface area (Å²) in [7, 11) is 0. The van der Waals surface area contributed by atoms with Crippen molar-refractivity contribution in [2.75, 3.05) is 0 Å². The van der Waals surface area contributed by atoms with Gasteiger partial charge in [-0.05, 0) is 43.0 Å². The molecular weight excluding hydrogens is 224 g/mol. The zero-order valence-corrected chi connectivity index (χ0v) is 9.72. The Labute approximate surface area is 98.7 Å². The van der Waals surface area contributed by atoms with Crippen molar-refractivity contribution in [2.24, 2.45) is 0 Å². The van der Waals surface area contributed by atoms with Crippen molar-refractivity contribution in [2.45, 2.75) is 38.0 Å². The molecule has 0 spiro atoms. The van der Waals surface area contributed by atoms with Gasteiger partial charge in [0.15, 0.2) is 4.77 Å². The van der Waals surface area contributed by atoms with Crippen LogP contribution in [0.4, 0.5) is 0 Å². The number of nitrogens with zero attached hydrogens (tertiary/aromatic N) is 1. The summed E-state index contributed by atoms with van der Waals surface area (Å²) in [6.07, 6.45) is 5.96. The van der Waals surface area contributed by atoms with E-state index in [1.165, 1.54) is 6.42 Å². The van der Waals surface area contributed by atoms with Crippen LogP contribution in [-0.2, 0) is 11.2 Å². The maximum absolute atomic E-state index is 10.6. The van der Waals surface area contributed by atoms with E-state index in [9.17, 15) is 4.79 Å². The van der Waals surface area contributed by atoms with Crippen molar-refractivity contribution in [1.82, 2.24) is 9.97 Å². The summed E-state index contributed by atoms with van der Waals surface area (Å²) in [5.74, 6) is -0.254. The highest BCUT2D eigenvalue weighted by atomic mass is 32.1. The van der Waals surface area contributed by atoms with Gasteiger partial charge in [0, 0.05) is 18.3 Å². The fourth-order valence-corrected chi connectivity index (χ4v) is 2.10. The molecule has 1 saturated carbocycles. The number of carbonyl (C=O) groups is 1. The van der Waals surface area contributed by atoms with Crippen molar-refractivity contribution in [3.63, 3.8) is 0 Å². The molecule has 0 radical (unpaired) electrons. The van der Waals surface area contributed by atoms with E-state index in [1.54, 1.807) is 6.20 Å². The second-order valence-electron chi connectivity index (χ2n) is 4.15. The van der Waals surface area contributed by atoms with Crippen LogP contribution in [0.1, 0.15) is 42.9 Å². The fraction of sp³-hybridized carbons (Fsp3) is 0.545. The zero-order valence-electron chi connectivity index (χ0n) is 8.90. The van der Waals surface area contributed by atoms with Crippen molar-refractivity contribution in [3.8, 4) is 0 Å². The smallest absolute Gasteiger partial charge is 0.303 e. The summed E-state index contributed by atoms with van der Waals surface area (Å²) in [4.78, 5) is 17.7. The van der Waals surface area contributed by atoms with Gasteiger partial charge in [0.05, 0.1) is 0 Å². The van der Waals surface area contributed by atoms with E-state index in [2.05, 4.69) is 9.97 Å². The second kappa shape index (κ2) is 4.74. The molecule has 0 saturated heterocycles. The lowest BCUT2D eigenvalue weighted by Gasteiger charge is -2.27. The number of carboxylic acids is 1. The molecule has 1 aliphatic carbocycles. The van der Waals surface area contributed by atoms with Crippen LogP contribution >= 0.6 is 12.2 Å². The number of H-pyrrole nitrogens is 1. The van der Waals surface area contributed by atoms with Gasteiger partial charge in [0.1, 0.15) is 0 Å². The molecule has 0 amide bonds. The Morgan fingerprint density at radius 1 is 1.62 bits per heavy atom. The first kappa shape index (κ1) is 11.3. The van der Waals surface area contributed by atoms with Crippen LogP contribution in [0.25, 0.3) is 0 Å². The van der Waals surface area contributed by atoms with E-state index < -0.39 is 5.97 Å². The lowest BCUT2D eigenvalue weighted by Crippen LogP contribution is -2.14. The van der Waals surface area contributed by atoms with Gasteiger partial charge >= 0.3 is 5.97 Å². The van der Waals surface area contributed by atoms with Crippen molar-refractivity contribution in [1.29, 1.82) is 0 Å². The first-order valence-electron chi connectivity index (χ1n) is 5.46. The molecule has 0 aromatic carbocycles. The molecule has 5 heteroatoms. The Morgan fingerprint density at radius 3 is 2.94 bits per heavy atom. The number of nitrogens with one attached hydrogen (secondary N) is 1. The van der Waals surface area contributed by atoms with Gasteiger partial charge in [-0.3, -0.25) is 4.79 Å². The predicted octanol–water partition coefficient (Wildman–Crippen LogP) is 2.42. The molecule has 1 heterocycles. The molecule has 2 N–H and O–H groups in total. The molecule has 1 aromatic heterocycles. The normalized spacial score (nSPS) is 15.8. The first-order chi connectivity index (χ1) is 7.66. The molecule has 1 aromatic rings. The lowest BCUT2D eigenvalue weighted by molar-refractivity contribution is -0.136. The van der Waals surface area contributed by atoms with E-state index >= 15 is 0 Å². The third-order valence-electron chi connectivity index (χ3n) is 3.05. The summed E-state index contributed by atoms with van der Waals surface area (Å²) < 4.78 is 0.487. The van der Waals surface area contributed by atoms with Crippen LogP contribution in [0.2, 0.25) is 0 Å². The summed E-state index contributed by atoms with van der Waals surface area (Å²) in [6.45, 7) is 0. The molecule has 86 valence electrons. The fourth-order valence-electron chi connectivity index (χ4n) is 1.94. The molecule has 0 unspecified atom stereocenters. The van der Waals surface area contributed by atoms with Crippen molar-refractivity contribution >= 4 is 18.2 Å². The quantitative estimate of drug-likeness (QED) is 0.791. The van der Waals surface area contributed by atoms with E-state index in [-0.39, 0.29) is 6.42 Å². The van der Waals surface area contributed by atoms with Gasteiger partial charge in [-0.25, -0.2) is 4.98 Å². The van der Waals surface area contributed by atoms with Gasteiger partial charge < -0.3 is 10.1 Å². The maximum atomic E-state index is 10.6. The minimum absolute atomic E-state index is 0.145. The lowest BCUT2D eigenvalue weighted by atomic mass is 9.81. The standard InChI is InChI=1S/C11H14N2O2S/c14-9(15)5-4-8-6-12-11(16)13-10(8)7-2-1-3-7/h6-7H,1-5H2,(H,14,15)(H,12,13,16). The Hall–Kier alpha value is -1.23. The molecule has 1 aliphatic rings. The second-order valence-corrected chi connectivity index (χ2v) is 4.54. The average Bonchev–Trinajstić information content (AvgIpc) is 2.13. The first-order valence-corrected chi connectivity index (χ1v) is 5.87. The number of hydrogen-bond donors (Lipinski definition) is 2. The molecule has 0 atom stereocenters. The Balaban J connectivity index is 2.21. The SMILES string of the molecule is O=C(O)CCc1cnc(=S)[nH]c1C1CCC1. The van der Waals surface area contributed by atoms with Crippen LogP contribution in [0.5, 0.6) is 0 Å². The number of carboxylic acid groups (broad SMARTS) is 1. The number of hydrogen-bond acceptors (Lipinski definition) is 3. The van der Waals surface area contributed by atoms with Crippen molar-refractivity contribution in [3.05, 3.63) is 22.2 Å². The third kappa shape index (κ3) is 2.47. The number of aromatic nitrogens is 2. The predicted molar refractivity (Wildman–Crippen MR) is 62.0 cm³/mol. The molecule has 0 aliphatic heterocycles. The van der Waals surface area contributed by atoms with E-state index in [4.69, 9.17) is 17.3 Å². The topological polar surface area (TPSA) is 66.0 Å². The summed E-state index contributed by atoms with van der Waals surface area (Å²) in [5.41, 5.74) is 2.10. The Bertz CT molecular complexity index is 452. The van der Waals surface area contributed by atoms with E-state index in [1.807, 2.05) is 0 Å². The molecule has 0 bridgehead atoms. The van der Waals surface area contributed by atoms with Crippen LogP contribution in [0.3, 0.4) is 0 Å². The van der Waals surface area contributed by atoms with Crippen LogP contribution in [0.15, 0.2) is 6.20 Å². The third-order valence-corrected chi connectivity index (χ3v) is 3.25. The minimum Gasteiger partial charge on any atom is -0.481 e. The highest BCUT2D eigenvalue weighted by molar-refractivity contribution is 7.71. The number of aromatic amines is 1. The van der Waals surface area contributed by atoms with E-state index in [0.717, 1.165) is 24.1 Å². The zero-order chi connectivity index (χ0) is 11.5. The van der Waals surface area contributed by atoms with Crippen molar-refractivity contribution < 1.29 is 9.90 Å². The molecule has 16 heavy (non-hydrogen) atoms. The van der Waals surface area contributed by atoms with Gasteiger partial charge in [-0.1, -0.05) is 6.42 Å². The number of rotatable bonds is 4. The van der Waals surface area contributed by atoms with E-state index in [0.29, 0.717) is 17.1 Å². The summed E-state index contributed by atoms with van der Waals surface area (Å²) >= 11 is 5.00. The minimum atomic E-state index is -0.776. The highest BCUT2D eigenvalue weighted by Gasteiger charge is 2.23. The summed E-state index contributed by atoms with van der Waals surface area (Å²) in [6, 6.07) is 0. The summed E-state index contributed by atoms with van der Waals surface area (Å²) in [5, 5.41) is 8.68. The highest BCUT2D eigenvalue weighted by Crippen LogP contribution is 2.36. The molecule has 2 rings (SSSR count). The van der Waals surface area contributed by atoms with Crippen LogP contribution in [0, 0.1) is 4.77 Å². The number of aryl methyl sites for hydroxylation is 1. The molecular formula is C11H14N2O2S.